The van der Waals surface area contributed by atoms with Gasteiger partial charge in [0.1, 0.15) is 5.76 Å². The highest BCUT2D eigenvalue weighted by molar-refractivity contribution is 5.92. The van der Waals surface area contributed by atoms with Crippen molar-refractivity contribution < 1.29 is 14.4 Å². The van der Waals surface area contributed by atoms with Crippen LogP contribution in [0.1, 0.15) is 67.1 Å². The molecular formula is C15H22N2O3. The van der Waals surface area contributed by atoms with E-state index in [1.165, 1.54) is 6.42 Å². The van der Waals surface area contributed by atoms with Crippen LogP contribution in [0.2, 0.25) is 0 Å². The summed E-state index contributed by atoms with van der Waals surface area (Å²) in [7, 11) is 0. The Balaban J connectivity index is 1.57. The molecule has 110 valence electrons. The lowest BCUT2D eigenvalue weighted by atomic mass is 9.74. The van der Waals surface area contributed by atoms with E-state index < -0.39 is 0 Å². The molecule has 20 heavy (non-hydrogen) atoms. The molecule has 2 aliphatic carbocycles. The Morgan fingerprint density at radius 3 is 2.80 bits per heavy atom. The summed E-state index contributed by atoms with van der Waals surface area (Å²) in [5, 5.41) is 16.4. The van der Waals surface area contributed by atoms with Crippen molar-refractivity contribution in [1.29, 1.82) is 0 Å². The molecular weight excluding hydrogens is 256 g/mol. The van der Waals surface area contributed by atoms with E-state index >= 15 is 0 Å². The summed E-state index contributed by atoms with van der Waals surface area (Å²) in [5.74, 6) is 1.09. The highest BCUT2D eigenvalue weighted by Crippen LogP contribution is 2.40. The van der Waals surface area contributed by atoms with Crippen molar-refractivity contribution in [2.24, 2.45) is 5.41 Å². The zero-order valence-electron chi connectivity index (χ0n) is 11.7. The molecule has 0 bridgehead atoms. The zero-order valence-corrected chi connectivity index (χ0v) is 11.7. The van der Waals surface area contributed by atoms with Crippen molar-refractivity contribution in [3.8, 4) is 0 Å². The average Bonchev–Trinajstić information content (AvgIpc) is 3.23. The Bertz CT molecular complexity index is 473. The number of aromatic nitrogens is 1. The number of hydrogen-bond donors (Lipinski definition) is 2. The molecule has 1 heterocycles. The van der Waals surface area contributed by atoms with Gasteiger partial charge in [-0.05, 0) is 25.7 Å². The first-order chi connectivity index (χ1) is 9.72. The molecule has 0 aliphatic heterocycles. The number of aliphatic hydroxyl groups excluding tert-OH is 1. The van der Waals surface area contributed by atoms with Gasteiger partial charge < -0.3 is 14.9 Å². The highest BCUT2D eigenvalue weighted by atomic mass is 16.5. The van der Waals surface area contributed by atoms with Gasteiger partial charge in [0.05, 0.1) is 6.61 Å². The summed E-state index contributed by atoms with van der Waals surface area (Å²) in [6.45, 7) is 0.660. The van der Waals surface area contributed by atoms with Crippen LogP contribution in [0.5, 0.6) is 0 Å². The van der Waals surface area contributed by atoms with Crippen molar-refractivity contribution >= 4 is 5.91 Å². The van der Waals surface area contributed by atoms with Crippen molar-refractivity contribution in [3.05, 3.63) is 17.5 Å². The Hall–Kier alpha value is -1.36. The second-order valence-corrected chi connectivity index (χ2v) is 6.29. The van der Waals surface area contributed by atoms with Crippen LogP contribution in [0.4, 0.5) is 0 Å². The fraction of sp³-hybridized carbons (Fsp3) is 0.733. The van der Waals surface area contributed by atoms with Crippen molar-refractivity contribution in [2.45, 2.75) is 50.9 Å². The van der Waals surface area contributed by atoms with Crippen molar-refractivity contribution in [1.82, 2.24) is 10.5 Å². The van der Waals surface area contributed by atoms with Crippen LogP contribution >= 0.6 is 0 Å². The first-order valence-electron chi connectivity index (χ1n) is 7.58. The molecule has 2 N–H and O–H groups in total. The first kappa shape index (κ1) is 13.6. The molecule has 1 aromatic heterocycles. The van der Waals surface area contributed by atoms with Gasteiger partial charge in [0.25, 0.3) is 5.91 Å². The van der Waals surface area contributed by atoms with Crippen molar-refractivity contribution in [3.63, 3.8) is 0 Å². The van der Waals surface area contributed by atoms with Gasteiger partial charge in [-0.15, -0.1) is 0 Å². The quantitative estimate of drug-likeness (QED) is 0.866. The smallest absolute Gasteiger partial charge is 0.273 e. The summed E-state index contributed by atoms with van der Waals surface area (Å²) in [5.41, 5.74) is 0.215. The second-order valence-electron chi connectivity index (χ2n) is 6.29. The summed E-state index contributed by atoms with van der Waals surface area (Å²) in [6, 6.07) is 1.75. The fourth-order valence-corrected chi connectivity index (χ4v) is 3.01. The average molecular weight is 278 g/mol. The molecule has 5 nitrogen and oxygen atoms in total. The van der Waals surface area contributed by atoms with Gasteiger partial charge in [-0.3, -0.25) is 4.79 Å². The Morgan fingerprint density at radius 2 is 2.15 bits per heavy atom. The minimum atomic E-state index is -0.195. The lowest BCUT2D eigenvalue weighted by molar-refractivity contribution is 0.0713. The van der Waals surface area contributed by atoms with Crippen LogP contribution in [0.3, 0.4) is 0 Å². The Kier molecular flexibility index (Phi) is 3.78. The number of hydrogen-bond acceptors (Lipinski definition) is 4. The highest BCUT2D eigenvalue weighted by Gasteiger charge is 2.33. The second kappa shape index (κ2) is 5.56. The lowest BCUT2D eigenvalue weighted by Gasteiger charge is -2.35. The number of aliphatic hydroxyl groups is 1. The first-order valence-corrected chi connectivity index (χ1v) is 7.58. The van der Waals surface area contributed by atoms with Gasteiger partial charge >= 0.3 is 0 Å². The standard InChI is InChI=1S/C15H22N2O3/c18-10-15(6-2-1-3-7-15)9-16-14(19)12-8-13(20-17-12)11-4-5-11/h8,11,18H,1-7,9-10H2,(H,16,19). The van der Waals surface area contributed by atoms with Gasteiger partial charge in [-0.2, -0.15) is 0 Å². The minimum Gasteiger partial charge on any atom is -0.396 e. The third kappa shape index (κ3) is 2.87. The topological polar surface area (TPSA) is 75.4 Å². The number of nitrogens with one attached hydrogen (secondary N) is 1. The molecule has 0 atom stereocenters. The summed E-state index contributed by atoms with van der Waals surface area (Å²) >= 11 is 0. The predicted octanol–water partition coefficient (Wildman–Crippen LogP) is 2.22. The number of nitrogens with zero attached hydrogens (tertiary/aromatic N) is 1. The molecule has 5 heteroatoms. The lowest BCUT2D eigenvalue weighted by Crippen LogP contribution is -2.41. The molecule has 1 aromatic rings. The summed E-state index contributed by atoms with van der Waals surface area (Å²) in [4.78, 5) is 12.1. The monoisotopic (exact) mass is 278 g/mol. The van der Waals surface area contributed by atoms with E-state index in [4.69, 9.17) is 4.52 Å². The number of rotatable bonds is 5. The number of amides is 1. The van der Waals surface area contributed by atoms with Gasteiger partial charge in [0, 0.05) is 23.9 Å². The molecule has 0 saturated heterocycles. The molecule has 0 radical (unpaired) electrons. The Morgan fingerprint density at radius 1 is 1.40 bits per heavy atom. The normalized spacial score (nSPS) is 21.6. The maximum atomic E-state index is 12.1. The van der Waals surface area contributed by atoms with Gasteiger partial charge in [0.2, 0.25) is 0 Å². The maximum Gasteiger partial charge on any atom is 0.273 e. The van der Waals surface area contributed by atoms with E-state index in [1.807, 2.05) is 0 Å². The molecule has 2 aliphatic rings. The third-order valence-electron chi connectivity index (χ3n) is 4.61. The molecule has 1 amide bonds. The molecule has 0 unspecified atom stereocenters. The maximum absolute atomic E-state index is 12.1. The summed E-state index contributed by atoms with van der Waals surface area (Å²) in [6.07, 6.45) is 7.71. The van der Waals surface area contributed by atoms with Crippen LogP contribution in [-0.4, -0.2) is 29.3 Å². The van der Waals surface area contributed by atoms with E-state index in [2.05, 4.69) is 10.5 Å². The molecule has 3 rings (SSSR count). The van der Waals surface area contributed by atoms with E-state index in [0.717, 1.165) is 44.3 Å². The van der Waals surface area contributed by atoms with Gasteiger partial charge in [-0.1, -0.05) is 24.4 Å². The van der Waals surface area contributed by atoms with Crippen LogP contribution in [0, 0.1) is 5.41 Å². The number of carbonyl (C=O) groups is 1. The van der Waals surface area contributed by atoms with Crippen molar-refractivity contribution in [2.75, 3.05) is 13.2 Å². The molecule has 0 aromatic carbocycles. The molecule has 2 saturated carbocycles. The third-order valence-corrected chi connectivity index (χ3v) is 4.61. The summed E-state index contributed by atoms with van der Waals surface area (Å²) < 4.78 is 5.19. The van der Waals surface area contributed by atoms with E-state index in [-0.39, 0.29) is 17.9 Å². The van der Waals surface area contributed by atoms with Gasteiger partial charge in [0.15, 0.2) is 5.69 Å². The minimum absolute atomic E-state index is 0.138. The molecule has 0 spiro atoms. The van der Waals surface area contributed by atoms with Crippen LogP contribution in [0.15, 0.2) is 10.6 Å². The largest absolute Gasteiger partial charge is 0.396 e. The molecule has 2 fully saturated rings. The van der Waals surface area contributed by atoms with E-state index in [9.17, 15) is 9.90 Å². The zero-order chi connectivity index (χ0) is 14.0. The Labute approximate surface area is 118 Å². The van der Waals surface area contributed by atoms with Crippen LogP contribution < -0.4 is 5.32 Å². The predicted molar refractivity (Wildman–Crippen MR) is 73.4 cm³/mol. The van der Waals surface area contributed by atoms with E-state index in [0.29, 0.717) is 18.2 Å². The van der Waals surface area contributed by atoms with Crippen LogP contribution in [-0.2, 0) is 0 Å². The van der Waals surface area contributed by atoms with Crippen LogP contribution in [0.25, 0.3) is 0 Å². The fourth-order valence-electron chi connectivity index (χ4n) is 3.01. The SMILES string of the molecule is O=C(NCC1(CO)CCCCC1)c1cc(C2CC2)on1. The van der Waals surface area contributed by atoms with Gasteiger partial charge in [-0.25, -0.2) is 0 Å². The van der Waals surface area contributed by atoms with E-state index in [1.54, 1.807) is 6.07 Å². The number of carbonyl (C=O) groups excluding carboxylic acids is 1.